The Kier molecular flexibility index (Phi) is 7.12. The highest BCUT2D eigenvalue weighted by Gasteiger charge is 2.17. The molecule has 2 heterocycles. The van der Waals surface area contributed by atoms with Gasteiger partial charge in [-0.2, -0.15) is 0 Å². The van der Waals surface area contributed by atoms with Crippen LogP contribution in [-0.2, 0) is 11.3 Å². The van der Waals surface area contributed by atoms with Gasteiger partial charge in [0.1, 0.15) is 5.82 Å². The largest absolute Gasteiger partial charge is 0.354 e. The van der Waals surface area contributed by atoms with E-state index < -0.39 is 0 Å². The van der Waals surface area contributed by atoms with Gasteiger partial charge in [-0.15, -0.1) is 11.8 Å². The Balaban J connectivity index is 1.46. The Bertz CT molecular complexity index is 715. The predicted octanol–water partition coefficient (Wildman–Crippen LogP) is 3.02. The van der Waals surface area contributed by atoms with Crippen LogP contribution in [-0.4, -0.2) is 53.8 Å². The Morgan fingerprint density at radius 3 is 2.52 bits per heavy atom. The van der Waals surface area contributed by atoms with E-state index in [2.05, 4.69) is 39.2 Å². The maximum atomic E-state index is 12.3. The van der Waals surface area contributed by atoms with Gasteiger partial charge in [0.05, 0.1) is 5.25 Å². The van der Waals surface area contributed by atoms with Crippen LogP contribution in [0.15, 0.2) is 53.6 Å². The van der Waals surface area contributed by atoms with E-state index in [9.17, 15) is 4.79 Å². The third-order valence-corrected chi connectivity index (χ3v) is 5.96. The van der Waals surface area contributed by atoms with Crippen LogP contribution in [0.3, 0.4) is 0 Å². The van der Waals surface area contributed by atoms with E-state index in [4.69, 9.17) is 0 Å². The molecule has 1 aromatic carbocycles. The summed E-state index contributed by atoms with van der Waals surface area (Å²) in [6.45, 7) is 9.98. The first-order valence-corrected chi connectivity index (χ1v) is 10.5. The molecule has 1 amide bonds. The van der Waals surface area contributed by atoms with E-state index in [1.807, 2.05) is 43.5 Å². The molecule has 0 spiro atoms. The van der Waals surface area contributed by atoms with Gasteiger partial charge in [-0.3, -0.25) is 4.79 Å². The summed E-state index contributed by atoms with van der Waals surface area (Å²) >= 11 is 1.57. The number of aromatic nitrogens is 1. The van der Waals surface area contributed by atoms with E-state index in [1.165, 1.54) is 0 Å². The minimum atomic E-state index is -0.130. The van der Waals surface area contributed by atoms with Crippen molar-refractivity contribution in [2.24, 2.45) is 0 Å². The Hall–Kier alpha value is -2.05. The van der Waals surface area contributed by atoms with Gasteiger partial charge in [0, 0.05) is 43.8 Å². The molecule has 1 aliphatic heterocycles. The molecule has 0 aliphatic carbocycles. The molecule has 27 heavy (non-hydrogen) atoms. The van der Waals surface area contributed by atoms with E-state index in [0.717, 1.165) is 49.0 Å². The predicted molar refractivity (Wildman–Crippen MR) is 112 cm³/mol. The molecule has 144 valence electrons. The molecule has 1 aliphatic rings. The van der Waals surface area contributed by atoms with Gasteiger partial charge in [-0.05, 0) is 37.2 Å². The van der Waals surface area contributed by atoms with Gasteiger partial charge in [-0.25, -0.2) is 4.98 Å². The lowest BCUT2D eigenvalue weighted by Crippen LogP contribution is -2.46. The summed E-state index contributed by atoms with van der Waals surface area (Å²) in [4.78, 5) is 22.8. The molecule has 1 atom stereocenters. The molecule has 1 saturated heterocycles. The average Bonchev–Trinajstić information content (AvgIpc) is 2.73. The fourth-order valence-corrected chi connectivity index (χ4v) is 4.00. The monoisotopic (exact) mass is 384 g/mol. The molecule has 5 nitrogen and oxygen atoms in total. The topological polar surface area (TPSA) is 48.5 Å². The lowest BCUT2D eigenvalue weighted by molar-refractivity contribution is -0.120. The molecule has 1 N–H and O–H groups in total. The van der Waals surface area contributed by atoms with Crippen molar-refractivity contribution >= 4 is 23.5 Å². The van der Waals surface area contributed by atoms with Gasteiger partial charge < -0.3 is 15.1 Å². The molecule has 1 unspecified atom stereocenters. The number of nitrogens with zero attached hydrogens (tertiary/aromatic N) is 3. The molecule has 2 aromatic rings. The molecule has 0 radical (unpaired) electrons. The van der Waals surface area contributed by atoms with Gasteiger partial charge in [0.25, 0.3) is 0 Å². The van der Waals surface area contributed by atoms with Crippen LogP contribution in [0, 0.1) is 0 Å². The molecule has 3 rings (SSSR count). The molecule has 1 aromatic heterocycles. The minimum Gasteiger partial charge on any atom is -0.354 e. The molecule has 0 saturated carbocycles. The quantitative estimate of drug-likeness (QED) is 0.744. The summed E-state index contributed by atoms with van der Waals surface area (Å²) in [5.74, 6) is 1.07. The number of rotatable bonds is 7. The van der Waals surface area contributed by atoms with Crippen molar-refractivity contribution in [3.05, 3.63) is 54.2 Å². The SMILES string of the molecule is CCN1CCN(c2ccc(CNC(=O)C(C)Sc3ccccc3)cn2)CC1. The van der Waals surface area contributed by atoms with Crippen LogP contribution < -0.4 is 10.2 Å². The molecule has 6 heteroatoms. The number of thioether (sulfide) groups is 1. The van der Waals surface area contributed by atoms with E-state index in [0.29, 0.717) is 6.54 Å². The highest BCUT2D eigenvalue weighted by Crippen LogP contribution is 2.22. The maximum Gasteiger partial charge on any atom is 0.233 e. The lowest BCUT2D eigenvalue weighted by atomic mass is 10.2. The van der Waals surface area contributed by atoms with Crippen molar-refractivity contribution in [1.29, 1.82) is 0 Å². The van der Waals surface area contributed by atoms with E-state index in [-0.39, 0.29) is 11.2 Å². The summed E-state index contributed by atoms with van der Waals surface area (Å²) in [7, 11) is 0. The van der Waals surface area contributed by atoms with Crippen molar-refractivity contribution in [2.75, 3.05) is 37.6 Å². The second-order valence-corrected chi connectivity index (χ2v) is 8.15. The van der Waals surface area contributed by atoms with Crippen molar-refractivity contribution in [2.45, 2.75) is 30.5 Å². The fraction of sp³-hybridized carbons (Fsp3) is 0.429. The van der Waals surface area contributed by atoms with Crippen LogP contribution in [0.5, 0.6) is 0 Å². The standard InChI is InChI=1S/C21H28N4OS/c1-3-24-11-13-25(14-12-24)20-10-9-18(15-22-20)16-23-21(26)17(2)27-19-7-5-4-6-8-19/h4-10,15,17H,3,11-14,16H2,1-2H3,(H,23,26). The van der Waals surface area contributed by atoms with Crippen LogP contribution in [0.25, 0.3) is 0 Å². The second-order valence-electron chi connectivity index (χ2n) is 6.74. The second kappa shape index (κ2) is 9.76. The maximum absolute atomic E-state index is 12.3. The number of anilines is 1. The first-order chi connectivity index (χ1) is 13.2. The smallest absolute Gasteiger partial charge is 0.233 e. The zero-order valence-electron chi connectivity index (χ0n) is 16.1. The number of carbonyl (C=O) groups excluding carboxylic acids is 1. The Morgan fingerprint density at radius 1 is 1.15 bits per heavy atom. The first-order valence-electron chi connectivity index (χ1n) is 9.57. The van der Waals surface area contributed by atoms with Crippen molar-refractivity contribution < 1.29 is 4.79 Å². The lowest BCUT2D eigenvalue weighted by Gasteiger charge is -2.34. The van der Waals surface area contributed by atoms with Gasteiger partial charge in [0.15, 0.2) is 0 Å². The van der Waals surface area contributed by atoms with Crippen molar-refractivity contribution in [3.8, 4) is 0 Å². The van der Waals surface area contributed by atoms with Gasteiger partial charge in [0.2, 0.25) is 5.91 Å². The average molecular weight is 385 g/mol. The van der Waals surface area contributed by atoms with Crippen LogP contribution >= 0.6 is 11.8 Å². The Morgan fingerprint density at radius 2 is 1.89 bits per heavy atom. The summed E-state index contributed by atoms with van der Waals surface area (Å²) in [5, 5.41) is 2.88. The highest BCUT2D eigenvalue weighted by atomic mass is 32.2. The van der Waals surface area contributed by atoms with Gasteiger partial charge in [-0.1, -0.05) is 31.2 Å². The van der Waals surface area contributed by atoms with Crippen LogP contribution in [0.2, 0.25) is 0 Å². The van der Waals surface area contributed by atoms with Gasteiger partial charge >= 0.3 is 0 Å². The third-order valence-electron chi connectivity index (χ3n) is 4.84. The summed E-state index contributed by atoms with van der Waals surface area (Å²) in [6.07, 6.45) is 1.87. The highest BCUT2D eigenvalue weighted by molar-refractivity contribution is 8.00. The number of hydrogen-bond donors (Lipinski definition) is 1. The summed E-state index contributed by atoms with van der Waals surface area (Å²) in [5.41, 5.74) is 1.02. The van der Waals surface area contributed by atoms with Crippen LogP contribution in [0.4, 0.5) is 5.82 Å². The summed E-state index contributed by atoms with van der Waals surface area (Å²) < 4.78 is 0. The number of nitrogens with one attached hydrogen (secondary N) is 1. The molecule has 0 bridgehead atoms. The third kappa shape index (κ3) is 5.71. The zero-order chi connectivity index (χ0) is 19.1. The first kappa shape index (κ1) is 19.7. The number of carbonyl (C=O) groups is 1. The van der Waals surface area contributed by atoms with E-state index in [1.54, 1.807) is 11.8 Å². The number of likely N-dealkylation sites (N-methyl/N-ethyl adjacent to an activating group) is 1. The Labute approximate surface area is 166 Å². The number of benzene rings is 1. The van der Waals surface area contributed by atoms with Crippen LogP contribution in [0.1, 0.15) is 19.4 Å². The molecular weight excluding hydrogens is 356 g/mol. The zero-order valence-corrected chi connectivity index (χ0v) is 16.9. The molecular formula is C21H28N4OS. The van der Waals surface area contributed by atoms with Crippen molar-refractivity contribution in [1.82, 2.24) is 15.2 Å². The normalized spacial score (nSPS) is 16.1. The van der Waals surface area contributed by atoms with E-state index >= 15 is 0 Å². The number of hydrogen-bond acceptors (Lipinski definition) is 5. The fourth-order valence-electron chi connectivity index (χ4n) is 3.09. The summed E-state index contributed by atoms with van der Waals surface area (Å²) in [6, 6.07) is 14.1. The number of amides is 1. The number of piperazine rings is 1. The minimum absolute atomic E-state index is 0.0450. The van der Waals surface area contributed by atoms with Crippen molar-refractivity contribution in [3.63, 3.8) is 0 Å². The molecule has 1 fully saturated rings. The number of pyridine rings is 1.